The van der Waals surface area contributed by atoms with Crippen LogP contribution in [0.3, 0.4) is 0 Å². The lowest BCUT2D eigenvalue weighted by atomic mass is 10.0. The first-order valence-corrected chi connectivity index (χ1v) is 6.93. The molecule has 2 N–H and O–H groups in total. The minimum Gasteiger partial charge on any atom is -0.497 e. The quantitative estimate of drug-likeness (QED) is 0.899. The van der Waals surface area contributed by atoms with Crippen molar-refractivity contribution in [3.05, 3.63) is 63.6 Å². The van der Waals surface area contributed by atoms with Gasteiger partial charge in [-0.15, -0.1) is 0 Å². The summed E-state index contributed by atoms with van der Waals surface area (Å²) < 4.78 is 44.9. The number of alkyl halides is 3. The van der Waals surface area contributed by atoms with Crippen molar-refractivity contribution in [2.45, 2.75) is 19.1 Å². The van der Waals surface area contributed by atoms with Crippen molar-refractivity contribution < 1.29 is 22.7 Å². The van der Waals surface area contributed by atoms with Crippen molar-refractivity contribution in [2.24, 2.45) is 0 Å². The van der Waals surface area contributed by atoms with Crippen LogP contribution in [0.25, 0.3) is 0 Å². The zero-order chi connectivity index (χ0) is 17.9. The van der Waals surface area contributed by atoms with Gasteiger partial charge in [-0.05, 0) is 30.2 Å². The summed E-state index contributed by atoms with van der Waals surface area (Å²) in [5, 5.41) is 1.96. The predicted molar refractivity (Wildman–Crippen MR) is 81.1 cm³/mol. The number of methoxy groups -OCH3 is 1. The molecule has 0 aliphatic carbocycles. The van der Waals surface area contributed by atoms with Gasteiger partial charge in [0.2, 0.25) is 5.56 Å². The minimum atomic E-state index is -4.68. The second kappa shape index (κ2) is 6.77. The molecule has 0 spiro atoms. The second-order valence-electron chi connectivity index (χ2n) is 5.12. The number of halogens is 3. The van der Waals surface area contributed by atoms with Crippen molar-refractivity contribution in [3.63, 3.8) is 0 Å². The number of hydrogen-bond acceptors (Lipinski definition) is 3. The normalized spacial score (nSPS) is 12.5. The summed E-state index contributed by atoms with van der Waals surface area (Å²) in [5.41, 5.74) is -0.311. The van der Waals surface area contributed by atoms with E-state index in [1.807, 2.05) is 5.32 Å². The molecule has 24 heavy (non-hydrogen) atoms. The molecule has 0 fully saturated rings. The number of benzene rings is 1. The van der Waals surface area contributed by atoms with Gasteiger partial charge in [0, 0.05) is 12.3 Å². The highest BCUT2D eigenvalue weighted by Crippen LogP contribution is 2.33. The van der Waals surface area contributed by atoms with Crippen LogP contribution in [0, 0.1) is 6.92 Å². The van der Waals surface area contributed by atoms with Gasteiger partial charge in [-0.2, -0.15) is 13.2 Å². The van der Waals surface area contributed by atoms with Crippen LogP contribution in [-0.4, -0.2) is 24.2 Å². The van der Waals surface area contributed by atoms with E-state index < -0.39 is 23.7 Å². The maximum absolute atomic E-state index is 13.3. The van der Waals surface area contributed by atoms with Crippen molar-refractivity contribution in [1.29, 1.82) is 0 Å². The van der Waals surface area contributed by atoms with E-state index in [1.165, 1.54) is 38.3 Å². The Morgan fingerprint density at radius 1 is 1.25 bits per heavy atom. The first-order valence-electron chi connectivity index (χ1n) is 6.93. The summed E-state index contributed by atoms with van der Waals surface area (Å²) in [5.74, 6) is -0.524. The molecular formula is C16H15F3N2O3. The zero-order valence-electron chi connectivity index (χ0n) is 12.9. The lowest BCUT2D eigenvalue weighted by Crippen LogP contribution is -2.38. The average molecular weight is 340 g/mol. The first-order chi connectivity index (χ1) is 11.2. The number of amides is 1. The summed E-state index contributed by atoms with van der Waals surface area (Å²) in [6.07, 6.45) is -3.59. The lowest BCUT2D eigenvalue weighted by Gasteiger charge is -2.22. The average Bonchev–Trinajstić information content (AvgIpc) is 2.51. The minimum absolute atomic E-state index is 0.0302. The standard InChI is InChI=1S/C16H15F3N2O3/c1-9-7-13(22)20-8-12(9)15(23)21-14(16(17,18)19)10-3-5-11(24-2)6-4-10/h3-8,14H,1-2H3,(H,20,22)(H,21,23)/t14-/m0/s1. The number of hydrogen-bond donors (Lipinski definition) is 2. The number of aromatic amines is 1. The molecule has 8 heteroatoms. The largest absolute Gasteiger partial charge is 0.497 e. The maximum Gasteiger partial charge on any atom is 0.412 e. The van der Waals surface area contributed by atoms with Gasteiger partial charge in [-0.25, -0.2) is 0 Å². The highest BCUT2D eigenvalue weighted by molar-refractivity contribution is 5.95. The molecule has 2 rings (SSSR count). The van der Waals surface area contributed by atoms with Gasteiger partial charge in [-0.1, -0.05) is 12.1 Å². The van der Waals surface area contributed by atoms with Gasteiger partial charge in [0.05, 0.1) is 12.7 Å². The number of rotatable bonds is 4. The Kier molecular flexibility index (Phi) is 4.96. The van der Waals surface area contributed by atoms with E-state index in [1.54, 1.807) is 0 Å². The molecule has 0 unspecified atom stereocenters. The predicted octanol–water partition coefficient (Wildman–Crippen LogP) is 2.73. The van der Waals surface area contributed by atoms with Crippen LogP contribution >= 0.6 is 0 Å². The van der Waals surface area contributed by atoms with Crippen LogP contribution in [0.15, 0.2) is 41.3 Å². The van der Waals surface area contributed by atoms with Crippen molar-refractivity contribution >= 4 is 5.91 Å². The van der Waals surface area contributed by atoms with Crippen molar-refractivity contribution in [1.82, 2.24) is 10.3 Å². The summed E-state index contributed by atoms with van der Waals surface area (Å²) in [7, 11) is 1.40. The number of carbonyl (C=O) groups excluding carboxylic acids is 1. The lowest BCUT2D eigenvalue weighted by molar-refractivity contribution is -0.155. The Balaban J connectivity index is 2.32. The maximum atomic E-state index is 13.3. The van der Waals surface area contributed by atoms with Crippen LogP contribution in [0.1, 0.15) is 27.5 Å². The summed E-state index contributed by atoms with van der Waals surface area (Å²) >= 11 is 0. The molecule has 0 saturated heterocycles. The Morgan fingerprint density at radius 2 is 1.88 bits per heavy atom. The van der Waals surface area contributed by atoms with E-state index in [4.69, 9.17) is 4.74 Å². The second-order valence-corrected chi connectivity index (χ2v) is 5.12. The SMILES string of the molecule is COc1ccc([C@H](NC(=O)c2c[nH]c(=O)cc2C)C(F)(F)F)cc1. The Bertz CT molecular complexity index is 782. The van der Waals surface area contributed by atoms with Gasteiger partial charge in [0.15, 0.2) is 6.04 Å². The molecular weight excluding hydrogens is 325 g/mol. The number of aromatic nitrogens is 1. The number of nitrogens with one attached hydrogen (secondary N) is 2. The molecule has 5 nitrogen and oxygen atoms in total. The van der Waals surface area contributed by atoms with E-state index in [9.17, 15) is 22.8 Å². The van der Waals surface area contributed by atoms with Crippen molar-refractivity contribution in [2.75, 3.05) is 7.11 Å². The summed E-state index contributed by atoms with van der Waals surface area (Å²) in [4.78, 5) is 25.6. The monoisotopic (exact) mass is 340 g/mol. The smallest absolute Gasteiger partial charge is 0.412 e. The third kappa shape index (κ3) is 3.95. The highest BCUT2D eigenvalue weighted by Gasteiger charge is 2.42. The van der Waals surface area contributed by atoms with E-state index in [0.29, 0.717) is 5.75 Å². The van der Waals surface area contributed by atoms with Crippen LogP contribution in [0.2, 0.25) is 0 Å². The van der Waals surface area contributed by atoms with Crippen LogP contribution in [0.4, 0.5) is 13.2 Å². The van der Waals surface area contributed by atoms with Gasteiger partial charge in [0.25, 0.3) is 5.91 Å². The van der Waals surface area contributed by atoms with Crippen molar-refractivity contribution in [3.8, 4) is 5.75 Å². The fourth-order valence-electron chi connectivity index (χ4n) is 2.18. The molecule has 1 aromatic heterocycles. The molecule has 2 aromatic rings. The van der Waals surface area contributed by atoms with E-state index in [0.717, 1.165) is 12.3 Å². The summed E-state index contributed by atoms with van der Waals surface area (Å²) in [6.45, 7) is 1.47. The third-order valence-corrected chi connectivity index (χ3v) is 3.43. The number of pyridine rings is 1. The molecule has 0 aliphatic heterocycles. The molecule has 0 saturated carbocycles. The Labute approximate surface area is 135 Å². The molecule has 1 heterocycles. The molecule has 0 bridgehead atoms. The number of aryl methyl sites for hydroxylation is 1. The molecule has 0 radical (unpaired) electrons. The zero-order valence-corrected chi connectivity index (χ0v) is 12.9. The number of carbonyl (C=O) groups is 1. The number of ether oxygens (including phenoxy) is 1. The molecule has 0 aliphatic rings. The molecule has 128 valence electrons. The van der Waals surface area contributed by atoms with E-state index in [-0.39, 0.29) is 16.7 Å². The fraction of sp³-hybridized carbons (Fsp3) is 0.250. The fourth-order valence-corrected chi connectivity index (χ4v) is 2.18. The van der Waals surface area contributed by atoms with Crippen LogP contribution < -0.4 is 15.6 Å². The first kappa shape index (κ1) is 17.6. The van der Waals surface area contributed by atoms with Gasteiger partial charge in [0.1, 0.15) is 5.75 Å². The van der Waals surface area contributed by atoms with E-state index in [2.05, 4.69) is 4.98 Å². The molecule has 1 aromatic carbocycles. The highest BCUT2D eigenvalue weighted by atomic mass is 19.4. The summed E-state index contributed by atoms with van der Waals surface area (Å²) in [6, 6.07) is 4.19. The third-order valence-electron chi connectivity index (χ3n) is 3.43. The Morgan fingerprint density at radius 3 is 2.38 bits per heavy atom. The molecule has 1 amide bonds. The van der Waals surface area contributed by atoms with Gasteiger partial charge >= 0.3 is 6.18 Å². The van der Waals surface area contributed by atoms with Crippen LogP contribution in [-0.2, 0) is 0 Å². The van der Waals surface area contributed by atoms with E-state index >= 15 is 0 Å². The topological polar surface area (TPSA) is 71.2 Å². The molecule has 1 atom stereocenters. The number of H-pyrrole nitrogens is 1. The van der Waals surface area contributed by atoms with Gasteiger partial charge in [-0.3, -0.25) is 9.59 Å². The Hall–Kier alpha value is -2.77. The van der Waals surface area contributed by atoms with Crippen LogP contribution in [0.5, 0.6) is 5.75 Å². The van der Waals surface area contributed by atoms with Gasteiger partial charge < -0.3 is 15.0 Å².